The highest BCUT2D eigenvalue weighted by atomic mass is 32.2. The monoisotopic (exact) mass is 223 g/mol. The third-order valence-corrected chi connectivity index (χ3v) is 2.33. The lowest BCUT2D eigenvalue weighted by Gasteiger charge is -2.05. The van der Waals surface area contributed by atoms with Gasteiger partial charge in [0.15, 0.2) is 5.75 Å². The topological polar surface area (TPSA) is 56.3 Å². The van der Waals surface area contributed by atoms with Gasteiger partial charge in [0.2, 0.25) is 0 Å². The van der Waals surface area contributed by atoms with Crippen LogP contribution in [0.25, 0.3) is 10.9 Å². The Morgan fingerprint density at radius 3 is 2.67 bits per heavy atom. The molecule has 0 fully saturated rings. The zero-order valence-electron chi connectivity index (χ0n) is 8.04. The molecule has 0 spiro atoms. The molecule has 15 heavy (non-hydrogen) atoms. The second-order valence-electron chi connectivity index (χ2n) is 3.11. The fraction of sp³-hybridized carbons (Fsp3) is 0.100. The first-order chi connectivity index (χ1) is 7.06. The number of rotatable bonds is 2. The summed E-state index contributed by atoms with van der Waals surface area (Å²) in [5.41, 5.74) is 0.707. The summed E-state index contributed by atoms with van der Waals surface area (Å²) in [6, 6.07) is 8.73. The zero-order valence-corrected chi connectivity index (χ0v) is 8.86. The molecule has 1 aromatic heterocycles. The fourth-order valence-electron chi connectivity index (χ4n) is 1.31. The molecule has 0 aliphatic heterocycles. The zero-order chi connectivity index (χ0) is 10.9. The largest absolute Gasteiger partial charge is 0.382 e. The highest BCUT2D eigenvalue weighted by Gasteiger charge is 2.07. The predicted molar refractivity (Wildman–Crippen MR) is 57.2 cm³/mol. The lowest BCUT2D eigenvalue weighted by Crippen LogP contribution is -2.06. The second kappa shape index (κ2) is 3.51. The van der Waals surface area contributed by atoms with E-state index in [0.29, 0.717) is 16.7 Å². The Kier molecular flexibility index (Phi) is 2.32. The van der Waals surface area contributed by atoms with Gasteiger partial charge in [0.05, 0.1) is 11.8 Å². The smallest absolute Gasteiger partial charge is 0.306 e. The number of benzene rings is 1. The van der Waals surface area contributed by atoms with E-state index in [1.54, 1.807) is 18.2 Å². The maximum atomic E-state index is 11.0. The lowest BCUT2D eigenvalue weighted by atomic mass is 10.2. The fourth-order valence-corrected chi connectivity index (χ4v) is 1.78. The first-order valence-electron chi connectivity index (χ1n) is 4.29. The average Bonchev–Trinajstić information content (AvgIpc) is 2.16. The molecule has 1 heterocycles. The van der Waals surface area contributed by atoms with Crippen LogP contribution >= 0.6 is 0 Å². The van der Waals surface area contributed by atoms with E-state index >= 15 is 0 Å². The van der Waals surface area contributed by atoms with Crippen molar-refractivity contribution in [3.63, 3.8) is 0 Å². The van der Waals surface area contributed by atoms with Crippen molar-refractivity contribution in [1.29, 1.82) is 0 Å². The number of pyridine rings is 1. The number of aromatic nitrogens is 1. The molecular weight excluding hydrogens is 214 g/mol. The van der Waals surface area contributed by atoms with Crippen molar-refractivity contribution in [3.05, 3.63) is 36.5 Å². The van der Waals surface area contributed by atoms with Crippen molar-refractivity contribution in [2.45, 2.75) is 0 Å². The normalized spacial score (nSPS) is 11.5. The molecule has 1 aromatic carbocycles. The van der Waals surface area contributed by atoms with Crippen LogP contribution in [-0.2, 0) is 10.1 Å². The molecule has 4 nitrogen and oxygen atoms in total. The third kappa shape index (κ3) is 2.24. The summed E-state index contributed by atoms with van der Waals surface area (Å²) in [5.74, 6) is 0.308. The van der Waals surface area contributed by atoms with Gasteiger partial charge in [-0.1, -0.05) is 12.1 Å². The van der Waals surface area contributed by atoms with Gasteiger partial charge >= 0.3 is 10.1 Å². The van der Waals surface area contributed by atoms with Gasteiger partial charge in [-0.05, 0) is 12.1 Å². The molecule has 0 aliphatic rings. The van der Waals surface area contributed by atoms with Gasteiger partial charge in [-0.25, -0.2) is 0 Å². The Hall–Kier alpha value is -1.62. The second-order valence-corrected chi connectivity index (χ2v) is 4.69. The Labute approximate surface area is 87.6 Å². The van der Waals surface area contributed by atoms with E-state index in [2.05, 4.69) is 4.98 Å². The van der Waals surface area contributed by atoms with E-state index < -0.39 is 10.1 Å². The third-order valence-electron chi connectivity index (χ3n) is 1.85. The van der Waals surface area contributed by atoms with E-state index in [0.717, 1.165) is 6.26 Å². The Morgan fingerprint density at radius 1 is 1.20 bits per heavy atom. The van der Waals surface area contributed by atoms with Gasteiger partial charge in [0.1, 0.15) is 0 Å². The van der Waals surface area contributed by atoms with Gasteiger partial charge in [-0.15, -0.1) is 0 Å². The summed E-state index contributed by atoms with van der Waals surface area (Å²) in [6.45, 7) is 0. The minimum Gasteiger partial charge on any atom is -0.382 e. The Bertz CT molecular complexity index is 587. The molecule has 5 heteroatoms. The summed E-state index contributed by atoms with van der Waals surface area (Å²) in [6.07, 6.45) is 2.53. The summed E-state index contributed by atoms with van der Waals surface area (Å²) < 4.78 is 26.9. The standard InChI is InChI=1S/C10H9NO3S/c1-15(12,13)14-10-6-7-11-9-5-3-2-4-8(9)10/h2-7H,1H3. The van der Waals surface area contributed by atoms with Crippen LogP contribution in [-0.4, -0.2) is 19.7 Å². The molecule has 78 valence electrons. The predicted octanol–water partition coefficient (Wildman–Crippen LogP) is 1.57. The van der Waals surface area contributed by atoms with Crippen LogP contribution in [0.1, 0.15) is 0 Å². The highest BCUT2D eigenvalue weighted by Crippen LogP contribution is 2.24. The molecule has 0 saturated carbocycles. The first kappa shape index (κ1) is 9.92. The number of nitrogens with zero attached hydrogens (tertiary/aromatic N) is 1. The Morgan fingerprint density at radius 2 is 1.93 bits per heavy atom. The maximum Gasteiger partial charge on any atom is 0.306 e. The maximum absolute atomic E-state index is 11.0. The molecule has 0 unspecified atom stereocenters. The lowest BCUT2D eigenvalue weighted by molar-refractivity contribution is 0.495. The molecule has 0 bridgehead atoms. The van der Waals surface area contributed by atoms with Gasteiger partial charge in [0.25, 0.3) is 0 Å². The summed E-state index contributed by atoms with van der Waals surface area (Å²) in [5, 5.41) is 0.686. The minimum atomic E-state index is -3.50. The molecule has 0 saturated heterocycles. The van der Waals surface area contributed by atoms with Crippen LogP contribution < -0.4 is 4.18 Å². The molecular formula is C10H9NO3S. The van der Waals surface area contributed by atoms with Gasteiger partial charge < -0.3 is 4.18 Å². The van der Waals surface area contributed by atoms with Crippen molar-refractivity contribution in [1.82, 2.24) is 4.98 Å². The van der Waals surface area contributed by atoms with Crippen LogP contribution in [0.2, 0.25) is 0 Å². The molecule has 0 aliphatic carbocycles. The first-order valence-corrected chi connectivity index (χ1v) is 6.11. The SMILES string of the molecule is CS(=O)(=O)Oc1ccnc2ccccc12. The number of para-hydroxylation sites is 1. The molecule has 2 rings (SSSR count). The minimum absolute atomic E-state index is 0.308. The van der Waals surface area contributed by atoms with Crippen molar-refractivity contribution in [3.8, 4) is 5.75 Å². The average molecular weight is 223 g/mol. The molecule has 0 atom stereocenters. The van der Waals surface area contributed by atoms with Gasteiger partial charge in [0, 0.05) is 17.6 Å². The van der Waals surface area contributed by atoms with Crippen LogP contribution in [0.15, 0.2) is 36.5 Å². The molecule has 0 amide bonds. The van der Waals surface area contributed by atoms with E-state index in [9.17, 15) is 8.42 Å². The van der Waals surface area contributed by atoms with Crippen LogP contribution in [0.3, 0.4) is 0 Å². The van der Waals surface area contributed by atoms with Gasteiger partial charge in [-0.3, -0.25) is 4.98 Å². The van der Waals surface area contributed by atoms with E-state index in [1.165, 1.54) is 12.3 Å². The summed E-state index contributed by atoms with van der Waals surface area (Å²) in [7, 11) is -3.50. The number of hydrogen-bond acceptors (Lipinski definition) is 4. The van der Waals surface area contributed by atoms with Gasteiger partial charge in [-0.2, -0.15) is 8.42 Å². The Balaban J connectivity index is 2.61. The van der Waals surface area contributed by atoms with Crippen molar-refractivity contribution >= 4 is 21.0 Å². The van der Waals surface area contributed by atoms with Crippen LogP contribution in [0.4, 0.5) is 0 Å². The molecule has 0 radical (unpaired) electrons. The summed E-state index contributed by atoms with van der Waals surface area (Å²) >= 11 is 0. The van der Waals surface area contributed by atoms with Crippen molar-refractivity contribution in [2.75, 3.05) is 6.26 Å². The van der Waals surface area contributed by atoms with Crippen LogP contribution in [0, 0.1) is 0 Å². The van der Waals surface area contributed by atoms with E-state index in [4.69, 9.17) is 4.18 Å². The molecule has 0 N–H and O–H groups in total. The quantitative estimate of drug-likeness (QED) is 0.725. The number of fused-ring (bicyclic) bond motifs is 1. The van der Waals surface area contributed by atoms with E-state index in [1.807, 2.05) is 6.07 Å². The van der Waals surface area contributed by atoms with Crippen molar-refractivity contribution in [2.24, 2.45) is 0 Å². The highest BCUT2D eigenvalue weighted by molar-refractivity contribution is 7.86. The van der Waals surface area contributed by atoms with E-state index in [-0.39, 0.29) is 0 Å². The van der Waals surface area contributed by atoms with Crippen molar-refractivity contribution < 1.29 is 12.6 Å². The number of hydrogen-bond donors (Lipinski definition) is 0. The molecule has 2 aromatic rings. The summed E-state index contributed by atoms with van der Waals surface area (Å²) in [4.78, 5) is 4.10. The van der Waals surface area contributed by atoms with Crippen LogP contribution in [0.5, 0.6) is 5.75 Å².